The molecule has 4 rings (SSSR count). The summed E-state index contributed by atoms with van der Waals surface area (Å²) in [6, 6.07) is 12.6. The SMILES string of the molecule is CCn1c(=O)c2ccccc2n(CC(=O)Nc2nc(-c3ccc(F)cc3)cs2)c1=O. The van der Waals surface area contributed by atoms with Crippen LogP contribution in [-0.4, -0.2) is 20.0 Å². The quantitative estimate of drug-likeness (QED) is 0.534. The molecule has 0 aliphatic carbocycles. The van der Waals surface area contributed by atoms with E-state index >= 15 is 0 Å². The van der Waals surface area contributed by atoms with Crippen LogP contribution in [0.2, 0.25) is 0 Å². The number of carbonyl (C=O) groups is 1. The molecule has 1 N–H and O–H groups in total. The number of fused-ring (bicyclic) bond motifs is 1. The van der Waals surface area contributed by atoms with Gasteiger partial charge in [0.1, 0.15) is 12.4 Å². The normalized spacial score (nSPS) is 11.0. The van der Waals surface area contributed by atoms with Crippen molar-refractivity contribution in [3.05, 3.63) is 80.6 Å². The number of thiazole rings is 1. The molecule has 0 atom stereocenters. The number of aromatic nitrogens is 3. The Balaban J connectivity index is 1.61. The Morgan fingerprint density at radius 1 is 1.10 bits per heavy atom. The van der Waals surface area contributed by atoms with Crippen LogP contribution < -0.4 is 16.6 Å². The van der Waals surface area contributed by atoms with Gasteiger partial charge in [-0.1, -0.05) is 12.1 Å². The molecule has 152 valence electrons. The van der Waals surface area contributed by atoms with E-state index in [-0.39, 0.29) is 24.5 Å². The zero-order chi connectivity index (χ0) is 21.3. The minimum atomic E-state index is -0.539. The molecule has 0 saturated carbocycles. The summed E-state index contributed by atoms with van der Waals surface area (Å²) in [4.78, 5) is 42.2. The smallest absolute Gasteiger partial charge is 0.300 e. The minimum Gasteiger partial charge on any atom is -0.300 e. The van der Waals surface area contributed by atoms with E-state index in [1.165, 1.54) is 28.0 Å². The molecule has 2 aromatic carbocycles. The number of amides is 1. The summed E-state index contributed by atoms with van der Waals surface area (Å²) in [6.45, 7) is 1.65. The number of hydrogen-bond acceptors (Lipinski definition) is 5. The lowest BCUT2D eigenvalue weighted by atomic mass is 10.2. The molecule has 0 aliphatic heterocycles. The molecular weight excluding hydrogens is 407 g/mol. The highest BCUT2D eigenvalue weighted by Gasteiger charge is 2.15. The van der Waals surface area contributed by atoms with Crippen molar-refractivity contribution in [1.82, 2.24) is 14.1 Å². The number of nitrogens with zero attached hydrogens (tertiary/aromatic N) is 3. The van der Waals surface area contributed by atoms with Crippen LogP contribution in [-0.2, 0) is 17.9 Å². The first kappa shape index (κ1) is 19.7. The van der Waals surface area contributed by atoms with Gasteiger partial charge in [0.2, 0.25) is 5.91 Å². The fourth-order valence-electron chi connectivity index (χ4n) is 3.19. The summed E-state index contributed by atoms with van der Waals surface area (Å²) in [5, 5.41) is 5.17. The average molecular weight is 424 g/mol. The third-order valence-electron chi connectivity index (χ3n) is 4.64. The first-order valence-electron chi connectivity index (χ1n) is 9.21. The van der Waals surface area contributed by atoms with Gasteiger partial charge in [0.05, 0.1) is 16.6 Å². The Labute approximate surface area is 174 Å². The van der Waals surface area contributed by atoms with Crippen molar-refractivity contribution in [3.63, 3.8) is 0 Å². The number of rotatable bonds is 5. The Bertz CT molecular complexity index is 1360. The standard InChI is InChI=1S/C21H17FN4O3S/c1-2-25-19(28)15-5-3-4-6-17(15)26(21(25)29)11-18(27)24-20-23-16(12-30-20)13-7-9-14(22)10-8-13/h3-10,12H,2,11H2,1H3,(H,23,24,27). The van der Waals surface area contributed by atoms with Crippen molar-refractivity contribution in [2.24, 2.45) is 0 Å². The monoisotopic (exact) mass is 424 g/mol. The Kier molecular flexibility index (Phi) is 5.28. The lowest BCUT2D eigenvalue weighted by molar-refractivity contribution is -0.116. The van der Waals surface area contributed by atoms with E-state index in [2.05, 4.69) is 10.3 Å². The predicted molar refractivity (Wildman–Crippen MR) is 114 cm³/mol. The molecule has 0 spiro atoms. The largest absolute Gasteiger partial charge is 0.331 e. The van der Waals surface area contributed by atoms with Crippen molar-refractivity contribution in [2.45, 2.75) is 20.0 Å². The first-order chi connectivity index (χ1) is 14.5. The Morgan fingerprint density at radius 3 is 2.57 bits per heavy atom. The van der Waals surface area contributed by atoms with Crippen LogP contribution in [0.25, 0.3) is 22.2 Å². The third-order valence-corrected chi connectivity index (χ3v) is 5.40. The van der Waals surface area contributed by atoms with E-state index in [1.807, 2.05) is 0 Å². The predicted octanol–water partition coefficient (Wildman–Crippen LogP) is 3.08. The van der Waals surface area contributed by atoms with Crippen molar-refractivity contribution >= 4 is 33.3 Å². The van der Waals surface area contributed by atoms with Crippen molar-refractivity contribution in [2.75, 3.05) is 5.32 Å². The first-order valence-corrected chi connectivity index (χ1v) is 10.1. The summed E-state index contributed by atoms with van der Waals surface area (Å²) in [7, 11) is 0. The fraction of sp³-hybridized carbons (Fsp3) is 0.143. The van der Waals surface area contributed by atoms with E-state index in [0.29, 0.717) is 21.7 Å². The summed E-state index contributed by atoms with van der Waals surface area (Å²) in [5.74, 6) is -0.780. The van der Waals surface area contributed by atoms with Crippen molar-refractivity contribution < 1.29 is 9.18 Å². The number of nitrogens with one attached hydrogen (secondary N) is 1. The number of hydrogen-bond donors (Lipinski definition) is 1. The molecule has 2 aromatic heterocycles. The Morgan fingerprint density at radius 2 is 1.83 bits per heavy atom. The summed E-state index contributed by atoms with van der Waals surface area (Å²) in [6.07, 6.45) is 0. The van der Waals surface area contributed by atoms with Gasteiger partial charge in [0.25, 0.3) is 5.56 Å². The van der Waals surface area contributed by atoms with E-state index < -0.39 is 11.6 Å². The topological polar surface area (TPSA) is 86.0 Å². The zero-order valence-corrected chi connectivity index (χ0v) is 16.8. The van der Waals surface area contributed by atoms with Gasteiger partial charge in [-0.05, 0) is 43.3 Å². The van der Waals surface area contributed by atoms with Gasteiger partial charge in [0.15, 0.2) is 5.13 Å². The molecule has 0 aliphatic rings. The van der Waals surface area contributed by atoms with Crippen LogP contribution in [0.4, 0.5) is 9.52 Å². The molecule has 30 heavy (non-hydrogen) atoms. The highest BCUT2D eigenvalue weighted by molar-refractivity contribution is 7.14. The van der Waals surface area contributed by atoms with Gasteiger partial charge in [0, 0.05) is 17.5 Å². The van der Waals surface area contributed by atoms with E-state index in [1.54, 1.807) is 48.7 Å². The summed E-state index contributed by atoms with van der Waals surface area (Å²) < 4.78 is 15.5. The van der Waals surface area contributed by atoms with Gasteiger partial charge in [-0.15, -0.1) is 11.3 Å². The van der Waals surface area contributed by atoms with Crippen LogP contribution in [0.1, 0.15) is 6.92 Å². The minimum absolute atomic E-state index is 0.206. The third kappa shape index (κ3) is 3.67. The molecule has 0 fully saturated rings. The summed E-state index contributed by atoms with van der Waals surface area (Å²) >= 11 is 1.23. The van der Waals surface area contributed by atoms with Gasteiger partial charge in [-0.25, -0.2) is 14.2 Å². The lowest BCUT2D eigenvalue weighted by Gasteiger charge is -2.12. The van der Waals surface area contributed by atoms with Crippen LogP contribution in [0.15, 0.2) is 63.5 Å². The van der Waals surface area contributed by atoms with E-state index in [4.69, 9.17) is 0 Å². The number of carbonyl (C=O) groups excluding carboxylic acids is 1. The molecule has 2 heterocycles. The Hall–Kier alpha value is -3.59. The molecule has 0 radical (unpaired) electrons. The van der Waals surface area contributed by atoms with Gasteiger partial charge in [-0.2, -0.15) is 0 Å². The van der Waals surface area contributed by atoms with Crippen molar-refractivity contribution in [3.8, 4) is 11.3 Å². The van der Waals surface area contributed by atoms with Gasteiger partial charge >= 0.3 is 5.69 Å². The summed E-state index contributed by atoms with van der Waals surface area (Å²) in [5.41, 5.74) is 0.822. The highest BCUT2D eigenvalue weighted by Crippen LogP contribution is 2.25. The second-order valence-electron chi connectivity index (χ2n) is 6.53. The molecule has 0 saturated heterocycles. The molecule has 7 nitrogen and oxygen atoms in total. The molecule has 1 amide bonds. The maximum Gasteiger partial charge on any atom is 0.331 e. The number of benzene rings is 2. The van der Waals surface area contributed by atoms with E-state index in [0.717, 1.165) is 10.1 Å². The van der Waals surface area contributed by atoms with Crippen LogP contribution >= 0.6 is 11.3 Å². The van der Waals surface area contributed by atoms with Crippen LogP contribution in [0.5, 0.6) is 0 Å². The van der Waals surface area contributed by atoms with E-state index in [9.17, 15) is 18.8 Å². The zero-order valence-electron chi connectivity index (χ0n) is 16.0. The van der Waals surface area contributed by atoms with Crippen LogP contribution in [0.3, 0.4) is 0 Å². The second kappa shape index (κ2) is 8.03. The maximum absolute atomic E-state index is 13.1. The van der Waals surface area contributed by atoms with Crippen LogP contribution in [0, 0.1) is 5.82 Å². The maximum atomic E-state index is 13.1. The van der Waals surface area contributed by atoms with Gasteiger partial charge in [-0.3, -0.25) is 18.7 Å². The highest BCUT2D eigenvalue weighted by atomic mass is 32.1. The fourth-order valence-corrected chi connectivity index (χ4v) is 3.93. The second-order valence-corrected chi connectivity index (χ2v) is 7.39. The number of para-hydroxylation sites is 1. The number of anilines is 1. The van der Waals surface area contributed by atoms with Gasteiger partial charge < -0.3 is 5.32 Å². The average Bonchev–Trinajstić information content (AvgIpc) is 3.20. The molecule has 4 aromatic rings. The van der Waals surface area contributed by atoms with Crippen molar-refractivity contribution in [1.29, 1.82) is 0 Å². The molecule has 0 unspecified atom stereocenters. The molecule has 9 heteroatoms. The number of halogens is 1. The molecule has 0 bridgehead atoms. The molecular formula is C21H17FN4O3S. The lowest BCUT2D eigenvalue weighted by Crippen LogP contribution is -2.41.